The molecule has 2 N–H and O–H groups in total. The minimum Gasteiger partial charge on any atom is -0.383 e. The minimum atomic E-state index is -3.40. The SMILES string of the molecule is COCCNCCNS(=O)(=O)c1cnc(C)s1.Cl. The molecule has 1 rings (SSSR count). The second-order valence-corrected chi connectivity index (χ2v) is 6.57. The number of aryl methyl sites for hydroxylation is 1. The number of methoxy groups -OCH3 is 1. The van der Waals surface area contributed by atoms with E-state index < -0.39 is 10.0 Å². The number of sulfonamides is 1. The lowest BCUT2D eigenvalue weighted by atomic mass is 10.6. The number of nitrogens with zero attached hydrogens (tertiary/aromatic N) is 1. The summed E-state index contributed by atoms with van der Waals surface area (Å²) in [7, 11) is -1.78. The van der Waals surface area contributed by atoms with Crippen molar-refractivity contribution in [3.63, 3.8) is 0 Å². The van der Waals surface area contributed by atoms with E-state index in [4.69, 9.17) is 4.74 Å². The topological polar surface area (TPSA) is 80.3 Å². The Bertz CT molecular complexity index is 436. The van der Waals surface area contributed by atoms with E-state index >= 15 is 0 Å². The highest BCUT2D eigenvalue weighted by Crippen LogP contribution is 2.16. The second-order valence-electron chi connectivity index (χ2n) is 3.34. The van der Waals surface area contributed by atoms with Gasteiger partial charge in [0.2, 0.25) is 0 Å². The minimum absolute atomic E-state index is 0. The zero-order valence-corrected chi connectivity index (χ0v) is 12.8. The van der Waals surface area contributed by atoms with Gasteiger partial charge in [-0.05, 0) is 6.92 Å². The van der Waals surface area contributed by atoms with Crippen molar-refractivity contribution in [3.8, 4) is 0 Å². The predicted octanol–water partition coefficient (Wildman–Crippen LogP) is 0.388. The first-order valence-corrected chi connectivity index (χ1v) is 7.48. The molecule has 1 aromatic rings. The number of hydrogen-bond acceptors (Lipinski definition) is 6. The normalized spacial score (nSPS) is 11.2. The Balaban J connectivity index is 0.00000289. The Morgan fingerprint density at radius 1 is 1.39 bits per heavy atom. The first-order chi connectivity index (χ1) is 8.06. The smallest absolute Gasteiger partial charge is 0.251 e. The highest BCUT2D eigenvalue weighted by molar-refractivity contribution is 7.91. The summed E-state index contributed by atoms with van der Waals surface area (Å²) in [6.07, 6.45) is 1.38. The summed E-state index contributed by atoms with van der Waals surface area (Å²) in [6.45, 7) is 4.01. The van der Waals surface area contributed by atoms with Gasteiger partial charge < -0.3 is 10.1 Å². The molecule has 0 aliphatic heterocycles. The van der Waals surface area contributed by atoms with Gasteiger partial charge in [0.15, 0.2) is 4.21 Å². The van der Waals surface area contributed by atoms with E-state index in [1.54, 1.807) is 14.0 Å². The van der Waals surface area contributed by atoms with Crippen LogP contribution in [0.15, 0.2) is 10.4 Å². The van der Waals surface area contributed by atoms with Crippen molar-refractivity contribution < 1.29 is 13.2 Å². The molecule has 0 atom stereocenters. The van der Waals surface area contributed by atoms with Gasteiger partial charge in [0, 0.05) is 26.7 Å². The van der Waals surface area contributed by atoms with Crippen molar-refractivity contribution in [1.29, 1.82) is 0 Å². The van der Waals surface area contributed by atoms with E-state index in [2.05, 4.69) is 15.0 Å². The van der Waals surface area contributed by atoms with E-state index in [1.165, 1.54) is 6.20 Å². The Morgan fingerprint density at radius 3 is 2.67 bits per heavy atom. The molecule has 1 aromatic heterocycles. The number of thiazole rings is 1. The molecule has 106 valence electrons. The number of aromatic nitrogens is 1. The third-order valence-electron chi connectivity index (χ3n) is 1.94. The van der Waals surface area contributed by atoms with Crippen molar-refractivity contribution >= 4 is 33.8 Å². The molecule has 0 unspecified atom stereocenters. The van der Waals surface area contributed by atoms with Crippen LogP contribution < -0.4 is 10.0 Å². The van der Waals surface area contributed by atoms with Crippen LogP contribution in [0.1, 0.15) is 5.01 Å². The van der Waals surface area contributed by atoms with Crippen LogP contribution in [-0.2, 0) is 14.8 Å². The quantitative estimate of drug-likeness (QED) is 0.678. The Morgan fingerprint density at radius 2 is 2.11 bits per heavy atom. The van der Waals surface area contributed by atoms with Gasteiger partial charge >= 0.3 is 0 Å². The van der Waals surface area contributed by atoms with Gasteiger partial charge in [-0.3, -0.25) is 0 Å². The highest BCUT2D eigenvalue weighted by atomic mass is 35.5. The Hall–Kier alpha value is -0.250. The molecule has 1 heterocycles. The van der Waals surface area contributed by atoms with Gasteiger partial charge in [-0.25, -0.2) is 18.1 Å². The first-order valence-electron chi connectivity index (χ1n) is 5.18. The Labute approximate surface area is 118 Å². The average Bonchev–Trinajstić information content (AvgIpc) is 2.71. The van der Waals surface area contributed by atoms with Crippen LogP contribution in [0.2, 0.25) is 0 Å². The third kappa shape index (κ3) is 6.07. The largest absolute Gasteiger partial charge is 0.383 e. The molecular weight excluding hydrogens is 298 g/mol. The van der Waals surface area contributed by atoms with E-state index in [-0.39, 0.29) is 16.6 Å². The number of ether oxygens (including phenoxy) is 1. The molecule has 0 aliphatic rings. The molecule has 0 saturated heterocycles. The molecule has 0 saturated carbocycles. The fraction of sp³-hybridized carbons (Fsp3) is 0.667. The molecular formula is C9H18ClN3O3S2. The fourth-order valence-corrected chi connectivity index (χ4v) is 3.29. The molecule has 0 aromatic carbocycles. The predicted molar refractivity (Wildman–Crippen MR) is 74.0 cm³/mol. The lowest BCUT2D eigenvalue weighted by Gasteiger charge is -2.05. The van der Waals surface area contributed by atoms with Crippen molar-refractivity contribution in [3.05, 3.63) is 11.2 Å². The number of rotatable bonds is 8. The molecule has 0 bridgehead atoms. The van der Waals surface area contributed by atoms with Crippen LogP contribution in [0.4, 0.5) is 0 Å². The number of hydrogen-bond donors (Lipinski definition) is 2. The zero-order chi connectivity index (χ0) is 12.7. The standard InChI is InChI=1S/C9H17N3O3S2.ClH/c1-8-11-7-9(16-8)17(13,14)12-4-3-10-5-6-15-2;/h7,10,12H,3-6H2,1-2H3;1H. The molecule has 0 fully saturated rings. The molecule has 0 amide bonds. The fourth-order valence-electron chi connectivity index (χ4n) is 1.11. The molecule has 9 heteroatoms. The molecule has 6 nitrogen and oxygen atoms in total. The maximum Gasteiger partial charge on any atom is 0.251 e. The van der Waals surface area contributed by atoms with Gasteiger partial charge in [-0.2, -0.15) is 0 Å². The van der Waals surface area contributed by atoms with Gasteiger partial charge in [-0.1, -0.05) is 0 Å². The average molecular weight is 316 g/mol. The number of halogens is 1. The summed E-state index contributed by atoms with van der Waals surface area (Å²) in [5.41, 5.74) is 0. The first kappa shape index (κ1) is 17.8. The van der Waals surface area contributed by atoms with Crippen LogP contribution in [0.25, 0.3) is 0 Å². The summed E-state index contributed by atoms with van der Waals surface area (Å²) in [4.78, 5) is 3.92. The van der Waals surface area contributed by atoms with Crippen molar-refractivity contribution in [2.75, 3.05) is 33.4 Å². The van der Waals surface area contributed by atoms with Gasteiger partial charge in [0.1, 0.15) is 0 Å². The van der Waals surface area contributed by atoms with Crippen LogP contribution in [0.5, 0.6) is 0 Å². The van der Waals surface area contributed by atoms with E-state index in [0.717, 1.165) is 16.3 Å². The van der Waals surface area contributed by atoms with Crippen LogP contribution >= 0.6 is 23.7 Å². The summed E-state index contributed by atoms with van der Waals surface area (Å²) in [6, 6.07) is 0. The lowest BCUT2D eigenvalue weighted by molar-refractivity contribution is 0.199. The highest BCUT2D eigenvalue weighted by Gasteiger charge is 2.15. The summed E-state index contributed by atoms with van der Waals surface area (Å²) < 4.78 is 31.1. The number of nitrogens with one attached hydrogen (secondary N) is 2. The monoisotopic (exact) mass is 315 g/mol. The van der Waals surface area contributed by atoms with E-state index in [0.29, 0.717) is 26.2 Å². The lowest BCUT2D eigenvalue weighted by Crippen LogP contribution is -2.32. The molecule has 18 heavy (non-hydrogen) atoms. The van der Waals surface area contributed by atoms with E-state index in [1.807, 2.05) is 0 Å². The van der Waals surface area contributed by atoms with Gasteiger partial charge in [-0.15, -0.1) is 23.7 Å². The second kappa shape index (κ2) is 8.78. The summed E-state index contributed by atoms with van der Waals surface area (Å²) in [5, 5.41) is 3.79. The molecule has 0 spiro atoms. The summed E-state index contributed by atoms with van der Waals surface area (Å²) in [5.74, 6) is 0. The maximum atomic E-state index is 11.7. The van der Waals surface area contributed by atoms with Crippen LogP contribution in [0, 0.1) is 6.92 Å². The zero-order valence-electron chi connectivity index (χ0n) is 10.3. The van der Waals surface area contributed by atoms with Crippen molar-refractivity contribution in [2.24, 2.45) is 0 Å². The third-order valence-corrected chi connectivity index (χ3v) is 4.78. The van der Waals surface area contributed by atoms with Gasteiger partial charge in [0.05, 0.1) is 17.8 Å². The van der Waals surface area contributed by atoms with E-state index in [9.17, 15) is 8.42 Å². The molecule has 0 radical (unpaired) electrons. The van der Waals surface area contributed by atoms with Crippen LogP contribution in [0.3, 0.4) is 0 Å². The van der Waals surface area contributed by atoms with Crippen molar-refractivity contribution in [2.45, 2.75) is 11.1 Å². The summed E-state index contributed by atoms with van der Waals surface area (Å²) >= 11 is 1.16. The van der Waals surface area contributed by atoms with Gasteiger partial charge in [0.25, 0.3) is 10.0 Å². The Kier molecular flexibility index (Phi) is 8.66. The molecule has 0 aliphatic carbocycles. The maximum absolute atomic E-state index is 11.7. The van der Waals surface area contributed by atoms with Crippen molar-refractivity contribution in [1.82, 2.24) is 15.0 Å². The van der Waals surface area contributed by atoms with Crippen LogP contribution in [-0.4, -0.2) is 46.8 Å².